The summed E-state index contributed by atoms with van der Waals surface area (Å²) in [5.74, 6) is 1.52. The first-order valence-electron chi connectivity index (χ1n) is 8.33. The molecule has 2 saturated heterocycles. The first-order chi connectivity index (χ1) is 10.3. The van der Waals surface area contributed by atoms with Gasteiger partial charge in [-0.1, -0.05) is 0 Å². The summed E-state index contributed by atoms with van der Waals surface area (Å²) in [6, 6.07) is 0. The molecule has 4 nitrogen and oxygen atoms in total. The van der Waals surface area contributed by atoms with Gasteiger partial charge in [-0.15, -0.1) is 23.2 Å². The fourth-order valence-corrected chi connectivity index (χ4v) is 3.71. The number of piperazine rings is 2. The number of alkyl halides is 2. The average molecular weight is 337 g/mol. The Kier molecular flexibility index (Phi) is 8.67. The number of hydrogen-bond donors (Lipinski definition) is 0. The molecule has 2 aliphatic rings. The number of nitrogens with zero attached hydrogens (tertiary/aromatic N) is 4. The van der Waals surface area contributed by atoms with Crippen LogP contribution in [0.2, 0.25) is 0 Å². The van der Waals surface area contributed by atoms with Crippen LogP contribution < -0.4 is 0 Å². The van der Waals surface area contributed by atoms with Crippen LogP contribution in [0, 0.1) is 0 Å². The van der Waals surface area contributed by atoms with Gasteiger partial charge in [0.15, 0.2) is 0 Å². The second kappa shape index (κ2) is 10.2. The van der Waals surface area contributed by atoms with Crippen molar-refractivity contribution in [1.29, 1.82) is 0 Å². The summed E-state index contributed by atoms with van der Waals surface area (Å²) < 4.78 is 0. The highest BCUT2D eigenvalue weighted by atomic mass is 35.5. The molecule has 0 saturated carbocycles. The van der Waals surface area contributed by atoms with Crippen LogP contribution in [-0.4, -0.2) is 110 Å². The lowest BCUT2D eigenvalue weighted by Gasteiger charge is -2.36. The molecule has 0 radical (unpaired) electrons. The van der Waals surface area contributed by atoms with Gasteiger partial charge in [0.2, 0.25) is 0 Å². The summed E-state index contributed by atoms with van der Waals surface area (Å²) in [5.41, 5.74) is 0. The standard InChI is InChI=1S/C15H30Cl2N4/c16-2-6-20-12-8-18(9-13-20)4-1-5-19-10-14-21(7-3-17)15-11-19/h1-15H2. The summed E-state index contributed by atoms with van der Waals surface area (Å²) in [6.07, 6.45) is 1.30. The van der Waals surface area contributed by atoms with E-state index in [0.29, 0.717) is 0 Å². The first kappa shape index (κ1) is 17.8. The van der Waals surface area contributed by atoms with Crippen LogP contribution in [0.25, 0.3) is 0 Å². The molecule has 2 heterocycles. The van der Waals surface area contributed by atoms with Crippen molar-refractivity contribution in [2.75, 3.05) is 90.3 Å². The van der Waals surface area contributed by atoms with Crippen molar-refractivity contribution in [3.05, 3.63) is 0 Å². The molecule has 0 amide bonds. The molecule has 2 aliphatic heterocycles. The molecular formula is C15H30Cl2N4. The van der Waals surface area contributed by atoms with Crippen LogP contribution in [0.3, 0.4) is 0 Å². The molecule has 0 spiro atoms. The van der Waals surface area contributed by atoms with Gasteiger partial charge in [0.1, 0.15) is 0 Å². The summed E-state index contributed by atoms with van der Waals surface area (Å²) >= 11 is 11.6. The smallest absolute Gasteiger partial charge is 0.0351 e. The minimum absolute atomic E-state index is 0.760. The normalized spacial score (nSPS) is 23.7. The van der Waals surface area contributed by atoms with Crippen LogP contribution in [0.1, 0.15) is 6.42 Å². The van der Waals surface area contributed by atoms with E-state index < -0.39 is 0 Å². The number of halogens is 2. The van der Waals surface area contributed by atoms with Crippen LogP contribution in [0.15, 0.2) is 0 Å². The second-order valence-corrected chi connectivity index (χ2v) is 6.85. The van der Waals surface area contributed by atoms with Crippen LogP contribution in [-0.2, 0) is 0 Å². The third-order valence-corrected chi connectivity index (χ3v) is 5.02. The van der Waals surface area contributed by atoms with Crippen molar-refractivity contribution in [3.8, 4) is 0 Å². The van der Waals surface area contributed by atoms with E-state index >= 15 is 0 Å². The van der Waals surface area contributed by atoms with Crippen molar-refractivity contribution in [1.82, 2.24) is 19.6 Å². The molecule has 0 bridgehead atoms. The Morgan fingerprint density at radius 2 is 0.762 bits per heavy atom. The van der Waals surface area contributed by atoms with E-state index in [9.17, 15) is 0 Å². The molecule has 6 heteroatoms. The van der Waals surface area contributed by atoms with E-state index in [4.69, 9.17) is 23.2 Å². The summed E-state index contributed by atoms with van der Waals surface area (Å²) in [7, 11) is 0. The van der Waals surface area contributed by atoms with Crippen LogP contribution in [0.4, 0.5) is 0 Å². The summed E-state index contributed by atoms with van der Waals surface area (Å²) in [4.78, 5) is 10.2. The molecule has 2 rings (SSSR count). The van der Waals surface area contributed by atoms with Gasteiger partial charge in [-0.25, -0.2) is 0 Å². The van der Waals surface area contributed by atoms with Gasteiger partial charge in [-0.3, -0.25) is 9.80 Å². The SMILES string of the molecule is ClCCN1CCN(CCCN2CCN(CCCl)CC2)CC1. The zero-order chi connectivity index (χ0) is 14.9. The minimum Gasteiger partial charge on any atom is -0.301 e. The predicted octanol–water partition coefficient (Wildman–Crippen LogP) is 1.09. The van der Waals surface area contributed by atoms with Gasteiger partial charge in [0.05, 0.1) is 0 Å². The van der Waals surface area contributed by atoms with Gasteiger partial charge < -0.3 is 9.80 Å². The maximum atomic E-state index is 5.80. The molecule has 0 aromatic rings. The van der Waals surface area contributed by atoms with Gasteiger partial charge >= 0.3 is 0 Å². The Morgan fingerprint density at radius 1 is 0.476 bits per heavy atom. The Labute approximate surface area is 139 Å². The lowest BCUT2D eigenvalue weighted by Crippen LogP contribution is -2.49. The van der Waals surface area contributed by atoms with E-state index in [1.807, 2.05) is 0 Å². The largest absolute Gasteiger partial charge is 0.301 e. The van der Waals surface area contributed by atoms with Crippen molar-refractivity contribution in [2.45, 2.75) is 6.42 Å². The summed E-state index contributed by atoms with van der Waals surface area (Å²) in [6.45, 7) is 14.2. The van der Waals surface area contributed by atoms with Gasteiger partial charge in [0.25, 0.3) is 0 Å². The Balaban J connectivity index is 1.51. The van der Waals surface area contributed by atoms with E-state index in [1.165, 1.54) is 71.9 Å². The fourth-order valence-electron chi connectivity index (χ4n) is 3.23. The van der Waals surface area contributed by atoms with E-state index in [1.54, 1.807) is 0 Å². The fraction of sp³-hybridized carbons (Fsp3) is 1.00. The van der Waals surface area contributed by atoms with Crippen LogP contribution in [0.5, 0.6) is 0 Å². The van der Waals surface area contributed by atoms with Crippen LogP contribution >= 0.6 is 23.2 Å². The molecule has 21 heavy (non-hydrogen) atoms. The third-order valence-electron chi connectivity index (χ3n) is 4.68. The van der Waals surface area contributed by atoms with Crippen molar-refractivity contribution < 1.29 is 0 Å². The highest BCUT2D eigenvalue weighted by Gasteiger charge is 2.18. The van der Waals surface area contributed by atoms with E-state index in [0.717, 1.165) is 24.8 Å². The molecule has 0 aromatic heterocycles. The topological polar surface area (TPSA) is 13.0 Å². The monoisotopic (exact) mass is 336 g/mol. The molecule has 0 unspecified atom stereocenters. The van der Waals surface area contributed by atoms with E-state index in [2.05, 4.69) is 19.6 Å². The minimum atomic E-state index is 0.760. The van der Waals surface area contributed by atoms with Gasteiger partial charge in [-0.2, -0.15) is 0 Å². The molecule has 2 fully saturated rings. The highest BCUT2D eigenvalue weighted by Crippen LogP contribution is 2.06. The zero-order valence-electron chi connectivity index (χ0n) is 13.2. The van der Waals surface area contributed by atoms with Crippen molar-refractivity contribution in [3.63, 3.8) is 0 Å². The Bertz CT molecular complexity index is 238. The maximum absolute atomic E-state index is 5.80. The highest BCUT2D eigenvalue weighted by molar-refractivity contribution is 6.18. The number of hydrogen-bond acceptors (Lipinski definition) is 4. The first-order valence-corrected chi connectivity index (χ1v) is 9.40. The molecule has 0 aliphatic carbocycles. The second-order valence-electron chi connectivity index (χ2n) is 6.10. The summed E-state index contributed by atoms with van der Waals surface area (Å²) in [5, 5.41) is 0. The quantitative estimate of drug-likeness (QED) is 0.615. The predicted molar refractivity (Wildman–Crippen MR) is 91.8 cm³/mol. The lowest BCUT2D eigenvalue weighted by atomic mass is 10.2. The van der Waals surface area contributed by atoms with Gasteiger partial charge in [0, 0.05) is 77.2 Å². The molecule has 0 atom stereocenters. The Morgan fingerprint density at radius 3 is 1.05 bits per heavy atom. The van der Waals surface area contributed by atoms with E-state index in [-0.39, 0.29) is 0 Å². The lowest BCUT2D eigenvalue weighted by molar-refractivity contribution is 0.115. The zero-order valence-corrected chi connectivity index (χ0v) is 14.7. The average Bonchev–Trinajstić information content (AvgIpc) is 2.51. The van der Waals surface area contributed by atoms with Gasteiger partial charge in [-0.05, 0) is 19.5 Å². The number of rotatable bonds is 8. The molecule has 0 aromatic carbocycles. The molecule has 0 N–H and O–H groups in total. The van der Waals surface area contributed by atoms with Crippen molar-refractivity contribution >= 4 is 23.2 Å². The maximum Gasteiger partial charge on any atom is 0.0351 e. The molecule has 124 valence electrons. The Hall–Kier alpha value is 0.420. The van der Waals surface area contributed by atoms with Crippen molar-refractivity contribution in [2.24, 2.45) is 0 Å². The third kappa shape index (κ3) is 6.59. The molecular weight excluding hydrogens is 307 g/mol.